The Balaban J connectivity index is 1.59. The van der Waals surface area contributed by atoms with Crippen LogP contribution in [0.2, 0.25) is 0 Å². The van der Waals surface area contributed by atoms with Gasteiger partial charge in [-0.25, -0.2) is 0 Å². The summed E-state index contributed by atoms with van der Waals surface area (Å²) in [5, 5.41) is 0.458. The number of hydrogen-bond donors (Lipinski definition) is 0. The SMILES string of the molecule is CCCOc1cccc(C2c3c(oc4ccc(Br)cc4c3=O)C(=O)N2CCN2CCOCC2)c1. The van der Waals surface area contributed by atoms with Gasteiger partial charge in [0, 0.05) is 30.7 Å². The zero-order valence-corrected chi connectivity index (χ0v) is 20.7. The van der Waals surface area contributed by atoms with E-state index in [1.807, 2.05) is 24.3 Å². The van der Waals surface area contributed by atoms with Crippen LogP contribution in [0.15, 0.2) is 56.1 Å². The van der Waals surface area contributed by atoms with E-state index in [1.165, 1.54) is 0 Å². The van der Waals surface area contributed by atoms with Gasteiger partial charge in [-0.05, 0) is 42.3 Å². The molecule has 5 rings (SSSR count). The van der Waals surface area contributed by atoms with Crippen LogP contribution in [0.5, 0.6) is 5.75 Å². The maximum absolute atomic E-state index is 13.7. The molecule has 0 radical (unpaired) electrons. The van der Waals surface area contributed by atoms with Crippen molar-refractivity contribution in [1.82, 2.24) is 9.80 Å². The number of benzene rings is 2. The number of morpholine rings is 1. The molecule has 34 heavy (non-hydrogen) atoms. The van der Waals surface area contributed by atoms with E-state index in [1.54, 1.807) is 23.1 Å². The van der Waals surface area contributed by atoms with E-state index in [9.17, 15) is 9.59 Å². The van der Waals surface area contributed by atoms with E-state index < -0.39 is 6.04 Å². The molecular weight excluding hydrogens is 500 g/mol. The number of carbonyl (C=O) groups is 1. The Morgan fingerprint density at radius 2 is 1.91 bits per heavy atom. The monoisotopic (exact) mass is 526 g/mol. The van der Waals surface area contributed by atoms with Crippen LogP contribution in [0.25, 0.3) is 11.0 Å². The molecule has 2 aromatic carbocycles. The normalized spacial score (nSPS) is 18.5. The highest BCUT2D eigenvalue weighted by Crippen LogP contribution is 2.39. The maximum Gasteiger partial charge on any atom is 0.290 e. The third-order valence-corrected chi connectivity index (χ3v) is 6.83. The van der Waals surface area contributed by atoms with E-state index in [0.717, 1.165) is 35.3 Å². The van der Waals surface area contributed by atoms with Crippen molar-refractivity contribution < 1.29 is 18.7 Å². The Bertz CT molecular complexity index is 1270. The fourth-order valence-corrected chi connectivity index (χ4v) is 5.00. The first-order chi connectivity index (χ1) is 16.6. The molecule has 0 aliphatic carbocycles. The van der Waals surface area contributed by atoms with Crippen molar-refractivity contribution in [3.8, 4) is 5.75 Å². The lowest BCUT2D eigenvalue weighted by molar-refractivity contribution is 0.0314. The van der Waals surface area contributed by atoms with Crippen LogP contribution in [0.4, 0.5) is 0 Å². The summed E-state index contributed by atoms with van der Waals surface area (Å²) < 4.78 is 18.1. The molecule has 1 amide bonds. The molecule has 7 nitrogen and oxygen atoms in total. The van der Waals surface area contributed by atoms with Gasteiger partial charge >= 0.3 is 0 Å². The standard InChI is InChI=1S/C26H27BrN2O5/c1-2-12-33-19-5-3-4-17(15-19)23-22-24(30)20-16-18(27)6-7-21(20)34-25(22)26(31)29(23)9-8-28-10-13-32-14-11-28/h3-7,15-16,23H,2,8-14H2,1H3. The van der Waals surface area contributed by atoms with Crippen molar-refractivity contribution in [2.75, 3.05) is 46.0 Å². The van der Waals surface area contributed by atoms with Crippen LogP contribution < -0.4 is 10.2 Å². The molecule has 178 valence electrons. The van der Waals surface area contributed by atoms with Crippen molar-refractivity contribution in [2.24, 2.45) is 0 Å². The van der Waals surface area contributed by atoms with Crippen molar-refractivity contribution in [2.45, 2.75) is 19.4 Å². The fraction of sp³-hybridized carbons (Fsp3) is 0.385. The van der Waals surface area contributed by atoms with E-state index in [-0.39, 0.29) is 17.1 Å². The molecule has 0 saturated carbocycles. The molecule has 1 saturated heterocycles. The number of carbonyl (C=O) groups excluding carboxylic acids is 1. The summed E-state index contributed by atoms with van der Waals surface area (Å²) in [5.74, 6) is 0.600. The summed E-state index contributed by atoms with van der Waals surface area (Å²) in [6.07, 6.45) is 0.894. The fourth-order valence-electron chi connectivity index (χ4n) is 4.64. The minimum Gasteiger partial charge on any atom is -0.494 e. The van der Waals surface area contributed by atoms with Gasteiger partial charge in [0.15, 0.2) is 5.43 Å². The molecule has 0 bridgehead atoms. The smallest absolute Gasteiger partial charge is 0.290 e. The van der Waals surface area contributed by atoms with Crippen molar-refractivity contribution in [3.63, 3.8) is 0 Å². The Labute approximate surface area is 206 Å². The van der Waals surface area contributed by atoms with Gasteiger partial charge in [0.05, 0.1) is 36.8 Å². The summed E-state index contributed by atoms with van der Waals surface area (Å²) in [6, 6.07) is 12.4. The van der Waals surface area contributed by atoms with Crippen LogP contribution in [0.3, 0.4) is 0 Å². The molecule has 1 unspecified atom stereocenters. The number of rotatable bonds is 7. The van der Waals surface area contributed by atoms with Gasteiger partial charge in [0.2, 0.25) is 5.76 Å². The Morgan fingerprint density at radius 3 is 2.71 bits per heavy atom. The van der Waals surface area contributed by atoms with Gasteiger partial charge in [-0.1, -0.05) is 35.0 Å². The molecule has 1 atom stereocenters. The molecule has 8 heteroatoms. The van der Waals surface area contributed by atoms with E-state index in [0.29, 0.717) is 49.4 Å². The molecule has 2 aliphatic heterocycles. The third kappa shape index (κ3) is 4.37. The van der Waals surface area contributed by atoms with Crippen LogP contribution in [-0.2, 0) is 4.74 Å². The van der Waals surface area contributed by atoms with Gasteiger partial charge in [-0.15, -0.1) is 0 Å². The second-order valence-corrected chi connectivity index (χ2v) is 9.51. The molecule has 0 spiro atoms. The first-order valence-corrected chi connectivity index (χ1v) is 12.5. The van der Waals surface area contributed by atoms with Crippen LogP contribution in [0.1, 0.15) is 41.1 Å². The second-order valence-electron chi connectivity index (χ2n) is 8.59. The number of nitrogens with zero attached hydrogens (tertiary/aromatic N) is 2. The van der Waals surface area contributed by atoms with Crippen molar-refractivity contribution in [3.05, 3.63) is 74.0 Å². The van der Waals surface area contributed by atoms with Gasteiger partial charge in [-0.3, -0.25) is 14.5 Å². The van der Waals surface area contributed by atoms with E-state index in [4.69, 9.17) is 13.9 Å². The van der Waals surface area contributed by atoms with Gasteiger partial charge in [-0.2, -0.15) is 0 Å². The highest BCUT2D eigenvalue weighted by atomic mass is 79.9. The van der Waals surface area contributed by atoms with Crippen molar-refractivity contribution in [1.29, 1.82) is 0 Å². The molecule has 1 aromatic heterocycles. The third-order valence-electron chi connectivity index (χ3n) is 6.34. The number of hydrogen-bond acceptors (Lipinski definition) is 6. The zero-order valence-electron chi connectivity index (χ0n) is 19.1. The predicted octanol–water partition coefficient (Wildman–Crippen LogP) is 4.22. The Morgan fingerprint density at radius 1 is 1.09 bits per heavy atom. The van der Waals surface area contributed by atoms with Crippen LogP contribution in [0, 0.1) is 0 Å². The summed E-state index contributed by atoms with van der Waals surface area (Å²) in [6.45, 7) is 6.87. The minimum atomic E-state index is -0.534. The number of fused-ring (bicyclic) bond motifs is 2. The highest BCUT2D eigenvalue weighted by Gasteiger charge is 2.42. The molecule has 3 heterocycles. The van der Waals surface area contributed by atoms with Crippen molar-refractivity contribution >= 4 is 32.8 Å². The van der Waals surface area contributed by atoms with Gasteiger partial charge < -0.3 is 18.8 Å². The summed E-state index contributed by atoms with van der Waals surface area (Å²) in [4.78, 5) is 31.3. The molecule has 1 fully saturated rings. The molecule has 3 aromatic rings. The number of halogens is 1. The lowest BCUT2D eigenvalue weighted by Crippen LogP contribution is -2.42. The summed E-state index contributed by atoms with van der Waals surface area (Å²) >= 11 is 3.44. The van der Waals surface area contributed by atoms with Crippen LogP contribution >= 0.6 is 15.9 Å². The predicted molar refractivity (Wildman–Crippen MR) is 133 cm³/mol. The molecule has 2 aliphatic rings. The molecular formula is C26H27BrN2O5. The highest BCUT2D eigenvalue weighted by molar-refractivity contribution is 9.10. The minimum absolute atomic E-state index is 0.131. The Hall–Kier alpha value is -2.68. The summed E-state index contributed by atoms with van der Waals surface area (Å²) in [5.41, 5.74) is 1.47. The average Bonchev–Trinajstić information content (AvgIpc) is 3.14. The topological polar surface area (TPSA) is 72.2 Å². The van der Waals surface area contributed by atoms with Crippen LogP contribution in [-0.4, -0.2) is 61.7 Å². The number of ether oxygens (including phenoxy) is 2. The first kappa shape index (κ1) is 23.1. The van der Waals surface area contributed by atoms with E-state index in [2.05, 4.69) is 27.8 Å². The first-order valence-electron chi connectivity index (χ1n) is 11.7. The lowest BCUT2D eigenvalue weighted by atomic mass is 9.98. The quantitative estimate of drug-likeness (QED) is 0.458. The number of amides is 1. The van der Waals surface area contributed by atoms with E-state index >= 15 is 0 Å². The molecule has 0 N–H and O–H groups in total. The Kier molecular flexibility index (Phi) is 6.72. The average molecular weight is 527 g/mol. The lowest BCUT2D eigenvalue weighted by Gasteiger charge is -2.31. The van der Waals surface area contributed by atoms with Gasteiger partial charge in [0.25, 0.3) is 5.91 Å². The summed E-state index contributed by atoms with van der Waals surface area (Å²) in [7, 11) is 0. The second kappa shape index (κ2) is 9.90. The zero-order chi connectivity index (χ0) is 23.7. The van der Waals surface area contributed by atoms with Gasteiger partial charge in [0.1, 0.15) is 11.3 Å². The largest absolute Gasteiger partial charge is 0.494 e. The maximum atomic E-state index is 13.7.